The predicted octanol–water partition coefficient (Wildman–Crippen LogP) is 1.86. The van der Waals surface area contributed by atoms with Crippen molar-refractivity contribution < 1.29 is 19.2 Å². The summed E-state index contributed by atoms with van der Waals surface area (Å²) in [5.74, 6) is 2.02. The van der Waals surface area contributed by atoms with Gasteiger partial charge in [-0.05, 0) is 50.4 Å². The number of nitrogens with zero attached hydrogens (tertiary/aromatic N) is 5. The standard InChI is InChI=1S/C21H28N6O2.CH2O2/c1-3-20-24-18(25-29-20)14-26-9-6-16(7-10-26)12-22-19(28)11-17-13-23-21-15(2)5-4-8-27(17)21;2-1-3/h4-5,8,13,16H,3,6-7,9-12,14H2,1-2H3,(H,22,28);1H,(H,2,3). The van der Waals surface area contributed by atoms with Gasteiger partial charge in [0.15, 0.2) is 5.82 Å². The van der Waals surface area contributed by atoms with Crippen molar-refractivity contribution in [2.45, 2.75) is 46.1 Å². The van der Waals surface area contributed by atoms with Crippen molar-refractivity contribution in [1.82, 2.24) is 29.7 Å². The molecule has 10 heteroatoms. The van der Waals surface area contributed by atoms with E-state index in [1.54, 1.807) is 6.20 Å². The van der Waals surface area contributed by atoms with E-state index in [9.17, 15) is 4.79 Å². The lowest BCUT2D eigenvalue weighted by Gasteiger charge is -2.31. The number of amides is 1. The Morgan fingerprint density at radius 3 is 2.81 bits per heavy atom. The van der Waals surface area contributed by atoms with Crippen LogP contribution in [-0.2, 0) is 29.0 Å². The van der Waals surface area contributed by atoms with E-state index in [0.717, 1.165) is 68.2 Å². The molecule has 10 nitrogen and oxygen atoms in total. The number of imidazole rings is 1. The van der Waals surface area contributed by atoms with E-state index in [1.165, 1.54) is 0 Å². The van der Waals surface area contributed by atoms with Gasteiger partial charge in [0.1, 0.15) is 5.65 Å². The molecule has 0 saturated carbocycles. The first-order valence-corrected chi connectivity index (χ1v) is 10.8. The van der Waals surface area contributed by atoms with Crippen LogP contribution in [0.4, 0.5) is 0 Å². The first-order chi connectivity index (χ1) is 15.5. The third-order valence-electron chi connectivity index (χ3n) is 5.62. The molecule has 1 aliphatic rings. The lowest BCUT2D eigenvalue weighted by Crippen LogP contribution is -2.38. The summed E-state index contributed by atoms with van der Waals surface area (Å²) in [6, 6.07) is 4.01. The van der Waals surface area contributed by atoms with Crippen LogP contribution in [0.3, 0.4) is 0 Å². The Balaban J connectivity index is 0.000000913. The maximum Gasteiger partial charge on any atom is 0.290 e. The molecule has 1 saturated heterocycles. The molecule has 0 atom stereocenters. The van der Waals surface area contributed by atoms with E-state index >= 15 is 0 Å². The molecule has 172 valence electrons. The fraction of sp³-hybridized carbons (Fsp3) is 0.500. The Morgan fingerprint density at radius 1 is 1.38 bits per heavy atom. The highest BCUT2D eigenvalue weighted by molar-refractivity contribution is 5.78. The minimum atomic E-state index is -0.250. The number of rotatable bonds is 7. The fourth-order valence-electron chi connectivity index (χ4n) is 3.86. The molecular weight excluding hydrogens is 412 g/mol. The van der Waals surface area contributed by atoms with Gasteiger partial charge in [-0.3, -0.25) is 14.5 Å². The number of aromatic nitrogens is 4. The van der Waals surface area contributed by atoms with Gasteiger partial charge < -0.3 is 19.3 Å². The Bertz CT molecular complexity index is 1020. The molecule has 1 aliphatic heterocycles. The molecular formula is C22H30N6O4. The molecule has 0 aliphatic carbocycles. The smallest absolute Gasteiger partial charge is 0.290 e. The summed E-state index contributed by atoms with van der Waals surface area (Å²) >= 11 is 0. The highest BCUT2D eigenvalue weighted by Gasteiger charge is 2.21. The number of hydrogen-bond acceptors (Lipinski definition) is 7. The highest BCUT2D eigenvalue weighted by Crippen LogP contribution is 2.18. The minimum Gasteiger partial charge on any atom is -0.483 e. The third kappa shape index (κ3) is 6.13. The Hall–Kier alpha value is -3.27. The Morgan fingerprint density at radius 2 is 2.12 bits per heavy atom. The van der Waals surface area contributed by atoms with Crippen molar-refractivity contribution >= 4 is 18.0 Å². The summed E-state index contributed by atoms with van der Waals surface area (Å²) in [5, 5.41) is 14.0. The van der Waals surface area contributed by atoms with Crippen LogP contribution < -0.4 is 5.32 Å². The molecule has 3 aromatic rings. The average Bonchev–Trinajstić information content (AvgIpc) is 3.42. The van der Waals surface area contributed by atoms with E-state index in [-0.39, 0.29) is 12.4 Å². The number of pyridine rings is 1. The number of piperidine rings is 1. The number of carboxylic acid groups (broad SMARTS) is 1. The van der Waals surface area contributed by atoms with Crippen LogP contribution in [0.2, 0.25) is 0 Å². The van der Waals surface area contributed by atoms with Gasteiger partial charge in [-0.1, -0.05) is 18.1 Å². The number of nitrogens with one attached hydrogen (secondary N) is 1. The van der Waals surface area contributed by atoms with Gasteiger partial charge in [-0.2, -0.15) is 4.98 Å². The molecule has 1 fully saturated rings. The minimum absolute atomic E-state index is 0.0506. The molecule has 0 unspecified atom stereocenters. The molecule has 0 radical (unpaired) electrons. The molecule has 4 rings (SSSR count). The number of aryl methyl sites for hydroxylation is 2. The van der Waals surface area contributed by atoms with Crippen LogP contribution in [-0.4, -0.2) is 61.5 Å². The van der Waals surface area contributed by atoms with E-state index in [4.69, 9.17) is 14.4 Å². The van der Waals surface area contributed by atoms with Gasteiger partial charge >= 0.3 is 0 Å². The number of carbonyl (C=O) groups is 2. The van der Waals surface area contributed by atoms with Crippen LogP contribution in [0.15, 0.2) is 29.0 Å². The SMILES string of the molecule is CCc1nc(CN2CCC(CNC(=O)Cc3cnc4c(C)cccn34)CC2)no1.O=CO. The summed E-state index contributed by atoms with van der Waals surface area (Å²) in [7, 11) is 0. The van der Waals surface area contributed by atoms with E-state index in [1.807, 2.05) is 36.6 Å². The van der Waals surface area contributed by atoms with Crippen molar-refractivity contribution in [2.24, 2.45) is 5.92 Å². The third-order valence-corrected chi connectivity index (χ3v) is 5.62. The summed E-state index contributed by atoms with van der Waals surface area (Å²) in [6.07, 6.45) is 6.99. The maximum absolute atomic E-state index is 12.4. The molecule has 0 aromatic carbocycles. The Labute approximate surface area is 186 Å². The summed E-state index contributed by atoms with van der Waals surface area (Å²) in [5.41, 5.74) is 2.94. The monoisotopic (exact) mass is 442 g/mol. The molecule has 0 bridgehead atoms. The second-order valence-corrected chi connectivity index (χ2v) is 7.90. The molecule has 0 spiro atoms. The van der Waals surface area contributed by atoms with Crippen LogP contribution in [0.5, 0.6) is 0 Å². The van der Waals surface area contributed by atoms with Crippen LogP contribution in [0, 0.1) is 12.8 Å². The summed E-state index contributed by atoms with van der Waals surface area (Å²) < 4.78 is 7.17. The molecule has 32 heavy (non-hydrogen) atoms. The van der Waals surface area contributed by atoms with Crippen LogP contribution >= 0.6 is 0 Å². The van der Waals surface area contributed by atoms with Gasteiger partial charge in [-0.15, -0.1) is 0 Å². The van der Waals surface area contributed by atoms with Crippen molar-refractivity contribution in [1.29, 1.82) is 0 Å². The van der Waals surface area contributed by atoms with Crippen molar-refractivity contribution in [3.8, 4) is 0 Å². The summed E-state index contributed by atoms with van der Waals surface area (Å²) in [4.78, 5) is 32.0. The van der Waals surface area contributed by atoms with E-state index in [0.29, 0.717) is 18.2 Å². The normalized spacial score (nSPS) is 14.7. The first kappa shape index (κ1) is 23.4. The molecule has 4 heterocycles. The summed E-state index contributed by atoms with van der Waals surface area (Å²) in [6.45, 7) is 7.22. The number of hydrogen-bond donors (Lipinski definition) is 2. The number of likely N-dealkylation sites (tertiary alicyclic amines) is 1. The zero-order valence-corrected chi connectivity index (χ0v) is 18.5. The largest absolute Gasteiger partial charge is 0.483 e. The van der Waals surface area contributed by atoms with Gasteiger partial charge in [0, 0.05) is 25.4 Å². The van der Waals surface area contributed by atoms with E-state index < -0.39 is 0 Å². The average molecular weight is 443 g/mol. The highest BCUT2D eigenvalue weighted by atomic mass is 16.5. The lowest BCUT2D eigenvalue weighted by molar-refractivity contribution is -0.123. The molecule has 1 amide bonds. The predicted molar refractivity (Wildman–Crippen MR) is 117 cm³/mol. The lowest BCUT2D eigenvalue weighted by atomic mass is 9.96. The van der Waals surface area contributed by atoms with Crippen LogP contribution in [0.1, 0.15) is 42.7 Å². The molecule has 2 N–H and O–H groups in total. The van der Waals surface area contributed by atoms with E-state index in [2.05, 4.69) is 25.3 Å². The maximum atomic E-state index is 12.4. The van der Waals surface area contributed by atoms with Gasteiger partial charge in [0.05, 0.1) is 18.7 Å². The number of fused-ring (bicyclic) bond motifs is 1. The second kappa shape index (κ2) is 11.4. The van der Waals surface area contributed by atoms with Gasteiger partial charge in [-0.25, -0.2) is 4.98 Å². The zero-order valence-electron chi connectivity index (χ0n) is 18.5. The van der Waals surface area contributed by atoms with Gasteiger partial charge in [0.25, 0.3) is 6.47 Å². The zero-order chi connectivity index (χ0) is 22.9. The fourth-order valence-corrected chi connectivity index (χ4v) is 3.86. The quantitative estimate of drug-likeness (QED) is 0.531. The van der Waals surface area contributed by atoms with Crippen molar-refractivity contribution in [3.05, 3.63) is 47.5 Å². The number of carbonyl (C=O) groups excluding carboxylic acids is 1. The second-order valence-electron chi connectivity index (χ2n) is 7.90. The first-order valence-electron chi connectivity index (χ1n) is 10.8. The van der Waals surface area contributed by atoms with Crippen molar-refractivity contribution in [3.63, 3.8) is 0 Å². The molecule has 3 aromatic heterocycles. The Kier molecular flexibility index (Phi) is 8.32. The van der Waals surface area contributed by atoms with Gasteiger partial charge in [0.2, 0.25) is 11.8 Å². The topological polar surface area (TPSA) is 126 Å². The van der Waals surface area contributed by atoms with Crippen LogP contribution in [0.25, 0.3) is 5.65 Å². The van der Waals surface area contributed by atoms with Crippen molar-refractivity contribution in [2.75, 3.05) is 19.6 Å².